The summed E-state index contributed by atoms with van der Waals surface area (Å²) in [5.74, 6) is -2.54. The summed E-state index contributed by atoms with van der Waals surface area (Å²) >= 11 is 0. The van der Waals surface area contributed by atoms with Crippen LogP contribution in [-0.2, 0) is 22.4 Å². The van der Waals surface area contributed by atoms with Gasteiger partial charge in [-0.15, -0.1) is 0 Å². The number of hydrogen-bond donors (Lipinski definition) is 4. The molecular formula is C21H25NO6. The first-order valence-electron chi connectivity index (χ1n) is 9.15. The summed E-state index contributed by atoms with van der Waals surface area (Å²) in [6, 6.07) is 16.0. The number of fused-ring (bicyclic) bond motifs is 1. The van der Waals surface area contributed by atoms with E-state index in [0.717, 1.165) is 44.5 Å². The van der Waals surface area contributed by atoms with Gasteiger partial charge in [-0.2, -0.15) is 0 Å². The Kier molecular flexibility index (Phi) is 8.30. The van der Waals surface area contributed by atoms with Crippen LogP contribution in [0.15, 0.2) is 48.5 Å². The van der Waals surface area contributed by atoms with Crippen LogP contribution in [0.25, 0.3) is 0 Å². The van der Waals surface area contributed by atoms with Crippen molar-refractivity contribution in [3.05, 3.63) is 59.7 Å². The molecule has 0 spiro atoms. The Bertz CT molecular complexity index is 766. The molecule has 2 aromatic rings. The summed E-state index contributed by atoms with van der Waals surface area (Å²) in [7, 11) is 0. The number of ether oxygens (including phenoxy) is 1. The number of phenols is 1. The molecule has 0 aliphatic carbocycles. The minimum Gasteiger partial charge on any atom is -0.508 e. The monoisotopic (exact) mass is 387 g/mol. The molecule has 1 unspecified atom stereocenters. The number of phenolic OH excluding ortho intramolecular Hbond substituents is 1. The van der Waals surface area contributed by atoms with Gasteiger partial charge in [-0.05, 0) is 49.4 Å². The van der Waals surface area contributed by atoms with Crippen molar-refractivity contribution in [3.63, 3.8) is 0 Å². The van der Waals surface area contributed by atoms with Crippen LogP contribution in [0.5, 0.6) is 11.5 Å². The molecule has 7 nitrogen and oxygen atoms in total. The topological polar surface area (TPSA) is 116 Å². The first-order chi connectivity index (χ1) is 13.5. The van der Waals surface area contributed by atoms with E-state index >= 15 is 0 Å². The number of carboxylic acid groups (broad SMARTS) is 2. The number of aliphatic carboxylic acids is 2. The first kappa shape index (κ1) is 21.2. The van der Waals surface area contributed by atoms with Crippen molar-refractivity contribution in [2.45, 2.75) is 31.8 Å². The van der Waals surface area contributed by atoms with Crippen molar-refractivity contribution in [2.75, 3.05) is 13.1 Å². The molecule has 0 aromatic heterocycles. The quantitative estimate of drug-likeness (QED) is 0.444. The molecule has 28 heavy (non-hydrogen) atoms. The average Bonchev–Trinajstić information content (AvgIpc) is 2.68. The van der Waals surface area contributed by atoms with Crippen molar-refractivity contribution in [1.82, 2.24) is 5.32 Å². The largest absolute Gasteiger partial charge is 0.508 e. The molecule has 150 valence electrons. The van der Waals surface area contributed by atoms with Gasteiger partial charge in [0, 0.05) is 12.6 Å². The van der Waals surface area contributed by atoms with Gasteiger partial charge in [-0.3, -0.25) is 0 Å². The molecule has 0 radical (unpaired) electrons. The van der Waals surface area contributed by atoms with Crippen LogP contribution in [0, 0.1) is 0 Å². The lowest BCUT2D eigenvalue weighted by Gasteiger charge is -2.26. The number of hydrogen-bond acceptors (Lipinski definition) is 5. The third kappa shape index (κ3) is 7.28. The maximum atomic E-state index is 9.53. The second-order valence-electron chi connectivity index (χ2n) is 6.47. The zero-order valence-electron chi connectivity index (χ0n) is 15.5. The Balaban J connectivity index is 0.000000409. The highest BCUT2D eigenvalue weighted by molar-refractivity contribution is 6.27. The fraction of sp³-hybridized carbons (Fsp3) is 0.333. The number of aromatic hydroxyl groups is 1. The summed E-state index contributed by atoms with van der Waals surface area (Å²) < 4.78 is 5.96. The summed E-state index contributed by atoms with van der Waals surface area (Å²) in [5.41, 5.74) is 2.58. The molecule has 0 fully saturated rings. The lowest BCUT2D eigenvalue weighted by atomic mass is 10.0. The number of nitrogens with one attached hydrogen (secondary N) is 1. The number of rotatable bonds is 6. The van der Waals surface area contributed by atoms with Gasteiger partial charge in [0.05, 0.1) is 0 Å². The number of carbonyl (C=O) groups is 2. The highest BCUT2D eigenvalue weighted by Crippen LogP contribution is 2.30. The first-order valence-corrected chi connectivity index (χ1v) is 9.15. The minimum absolute atomic E-state index is 0.200. The maximum Gasteiger partial charge on any atom is 0.414 e. The SMILES string of the molecule is O=C(O)C(=O)O.Oc1ccc2c(c1)OC(CNCCCc1ccccc1)CC2. The lowest BCUT2D eigenvalue weighted by molar-refractivity contribution is -0.159. The Morgan fingerprint density at radius 2 is 1.79 bits per heavy atom. The Labute approximate surface area is 163 Å². The molecule has 3 rings (SSSR count). The molecule has 1 aliphatic rings. The number of carboxylic acids is 2. The van der Waals surface area contributed by atoms with E-state index in [1.165, 1.54) is 11.1 Å². The molecule has 0 amide bonds. The zero-order chi connectivity index (χ0) is 20.4. The van der Waals surface area contributed by atoms with Gasteiger partial charge in [0.1, 0.15) is 17.6 Å². The summed E-state index contributed by atoms with van der Waals surface area (Å²) in [5, 5.41) is 27.8. The van der Waals surface area contributed by atoms with Crippen LogP contribution in [0.1, 0.15) is 24.0 Å². The average molecular weight is 387 g/mol. The molecule has 7 heteroatoms. The molecule has 2 aromatic carbocycles. The molecule has 1 heterocycles. The van der Waals surface area contributed by atoms with E-state index in [2.05, 4.69) is 35.6 Å². The third-order valence-corrected chi connectivity index (χ3v) is 4.30. The van der Waals surface area contributed by atoms with Gasteiger partial charge in [0.2, 0.25) is 0 Å². The van der Waals surface area contributed by atoms with Gasteiger partial charge in [-0.1, -0.05) is 36.4 Å². The predicted molar refractivity (Wildman–Crippen MR) is 104 cm³/mol. The van der Waals surface area contributed by atoms with Crippen LogP contribution < -0.4 is 10.1 Å². The normalized spacial score (nSPS) is 14.8. The number of benzene rings is 2. The Hall–Kier alpha value is -3.06. The van der Waals surface area contributed by atoms with Crippen molar-refractivity contribution in [1.29, 1.82) is 0 Å². The van der Waals surface area contributed by atoms with Crippen LogP contribution in [0.4, 0.5) is 0 Å². The smallest absolute Gasteiger partial charge is 0.414 e. The van der Waals surface area contributed by atoms with Crippen molar-refractivity contribution in [3.8, 4) is 11.5 Å². The molecule has 0 saturated heterocycles. The van der Waals surface area contributed by atoms with Crippen molar-refractivity contribution >= 4 is 11.9 Å². The van der Waals surface area contributed by atoms with Crippen LogP contribution in [0.2, 0.25) is 0 Å². The zero-order valence-corrected chi connectivity index (χ0v) is 15.5. The maximum absolute atomic E-state index is 9.53. The van der Waals surface area contributed by atoms with E-state index in [1.807, 2.05) is 6.07 Å². The van der Waals surface area contributed by atoms with Crippen LogP contribution in [-0.4, -0.2) is 46.5 Å². The third-order valence-electron chi connectivity index (χ3n) is 4.30. The van der Waals surface area contributed by atoms with E-state index in [1.54, 1.807) is 12.1 Å². The van der Waals surface area contributed by atoms with E-state index in [-0.39, 0.29) is 11.9 Å². The van der Waals surface area contributed by atoms with Crippen LogP contribution >= 0.6 is 0 Å². The second kappa shape index (κ2) is 10.9. The summed E-state index contributed by atoms with van der Waals surface area (Å²) in [6.07, 6.45) is 4.49. The van der Waals surface area contributed by atoms with E-state index in [4.69, 9.17) is 24.5 Å². The molecule has 1 aliphatic heterocycles. The summed E-state index contributed by atoms with van der Waals surface area (Å²) in [6.45, 7) is 1.87. The van der Waals surface area contributed by atoms with Gasteiger partial charge in [0.15, 0.2) is 0 Å². The van der Waals surface area contributed by atoms with E-state index < -0.39 is 11.9 Å². The predicted octanol–water partition coefficient (Wildman–Crippen LogP) is 2.46. The van der Waals surface area contributed by atoms with E-state index in [0.29, 0.717) is 0 Å². The Morgan fingerprint density at radius 3 is 2.46 bits per heavy atom. The van der Waals surface area contributed by atoms with Gasteiger partial charge >= 0.3 is 11.9 Å². The van der Waals surface area contributed by atoms with Gasteiger partial charge in [0.25, 0.3) is 0 Å². The highest BCUT2D eigenvalue weighted by Gasteiger charge is 2.19. The molecule has 4 N–H and O–H groups in total. The molecule has 0 saturated carbocycles. The number of aryl methyl sites for hydroxylation is 2. The standard InChI is InChI=1S/C19H23NO2.C2H2O4/c21-17-10-8-16-9-11-18(22-19(16)13-17)14-20-12-4-7-15-5-2-1-3-6-15;3-1(4)2(5)6/h1-3,5-6,8,10,13,18,20-21H,4,7,9,11-12,14H2;(H,3,4)(H,5,6). The fourth-order valence-electron chi connectivity index (χ4n) is 2.88. The fourth-order valence-corrected chi connectivity index (χ4v) is 2.88. The summed E-state index contributed by atoms with van der Waals surface area (Å²) in [4.78, 5) is 18.2. The highest BCUT2D eigenvalue weighted by atomic mass is 16.5. The van der Waals surface area contributed by atoms with Crippen molar-refractivity contribution in [2.24, 2.45) is 0 Å². The molecule has 0 bridgehead atoms. The van der Waals surface area contributed by atoms with E-state index in [9.17, 15) is 5.11 Å². The minimum atomic E-state index is -1.82. The molecule has 1 atom stereocenters. The Morgan fingerprint density at radius 1 is 1.07 bits per heavy atom. The molecular weight excluding hydrogens is 362 g/mol. The van der Waals surface area contributed by atoms with Gasteiger partial charge < -0.3 is 25.4 Å². The van der Waals surface area contributed by atoms with Crippen molar-refractivity contribution < 1.29 is 29.6 Å². The second-order valence-corrected chi connectivity index (χ2v) is 6.47. The van der Waals surface area contributed by atoms with Gasteiger partial charge in [-0.25, -0.2) is 9.59 Å². The van der Waals surface area contributed by atoms with Crippen LogP contribution in [0.3, 0.4) is 0 Å². The lowest BCUT2D eigenvalue weighted by Crippen LogP contribution is -2.34.